The number of hydrogen-bond acceptors (Lipinski definition) is 4. The summed E-state index contributed by atoms with van der Waals surface area (Å²) in [6.07, 6.45) is 0. The fourth-order valence-corrected chi connectivity index (χ4v) is 3.25. The monoisotopic (exact) mass is 363 g/mol. The lowest BCUT2D eigenvalue weighted by molar-refractivity contribution is 0.251. The van der Waals surface area contributed by atoms with Crippen molar-refractivity contribution in [1.29, 1.82) is 0 Å². The summed E-state index contributed by atoms with van der Waals surface area (Å²) in [7, 11) is 0. The highest BCUT2D eigenvalue weighted by molar-refractivity contribution is 7.07. The van der Waals surface area contributed by atoms with Crippen molar-refractivity contribution in [2.24, 2.45) is 0 Å². The molecule has 0 radical (unpaired) electrons. The molecule has 3 N–H and O–H groups in total. The number of amides is 2. The molecule has 2 amide bonds. The number of anilines is 1. The van der Waals surface area contributed by atoms with Crippen molar-refractivity contribution in [2.75, 3.05) is 5.32 Å². The Balaban J connectivity index is 1.44. The average Bonchev–Trinajstić information content (AvgIpc) is 3.29. The van der Waals surface area contributed by atoms with Gasteiger partial charge in [-0.15, -0.1) is 11.3 Å². The molecule has 0 aliphatic carbocycles. The van der Waals surface area contributed by atoms with Gasteiger partial charge < -0.3 is 15.6 Å². The van der Waals surface area contributed by atoms with Crippen LogP contribution in [-0.4, -0.2) is 21.0 Å². The number of nitrogens with one attached hydrogen (secondary N) is 3. The minimum Gasteiger partial charge on any atom is -0.337 e. The van der Waals surface area contributed by atoms with E-state index in [0.717, 1.165) is 28.1 Å². The van der Waals surface area contributed by atoms with Crippen LogP contribution in [0.1, 0.15) is 11.1 Å². The van der Waals surface area contributed by atoms with Crippen molar-refractivity contribution < 1.29 is 4.79 Å². The molecule has 0 atom stereocenters. The molecule has 0 fully saturated rings. The maximum absolute atomic E-state index is 12.1. The van der Waals surface area contributed by atoms with Crippen molar-refractivity contribution in [1.82, 2.24) is 20.3 Å². The number of H-pyrrole nitrogens is 1. The number of nitrogens with zero attached hydrogens (tertiary/aromatic N) is 2. The number of urea groups is 1. The van der Waals surface area contributed by atoms with Gasteiger partial charge in [0, 0.05) is 17.6 Å². The lowest BCUT2D eigenvalue weighted by atomic mass is 10.1. The van der Waals surface area contributed by atoms with E-state index in [1.165, 1.54) is 16.9 Å². The Kier molecular flexibility index (Phi) is 4.37. The third-order valence-corrected chi connectivity index (χ3v) is 4.54. The number of carbonyl (C=O) groups excluding carboxylic acids is 1. The zero-order valence-electron chi connectivity index (χ0n) is 14.1. The maximum atomic E-state index is 12.1. The number of rotatable bonds is 4. The molecule has 0 unspecified atom stereocenters. The molecule has 2 aromatic carbocycles. The first-order valence-electron chi connectivity index (χ1n) is 8.16. The number of aryl methyl sites for hydroxylation is 1. The number of carbonyl (C=O) groups is 1. The summed E-state index contributed by atoms with van der Waals surface area (Å²) in [5.41, 5.74) is 7.21. The third-order valence-electron chi connectivity index (χ3n) is 3.95. The van der Waals surface area contributed by atoms with E-state index in [2.05, 4.69) is 31.7 Å². The molecule has 2 aromatic heterocycles. The van der Waals surface area contributed by atoms with E-state index >= 15 is 0 Å². The Hall–Kier alpha value is -3.19. The van der Waals surface area contributed by atoms with Crippen LogP contribution in [0.5, 0.6) is 0 Å². The summed E-state index contributed by atoms with van der Waals surface area (Å²) in [6, 6.07) is 13.4. The van der Waals surface area contributed by atoms with Crippen molar-refractivity contribution in [3.8, 4) is 11.5 Å². The number of aromatic nitrogens is 3. The first-order chi connectivity index (χ1) is 12.7. The van der Waals surface area contributed by atoms with E-state index in [1.54, 1.807) is 5.51 Å². The smallest absolute Gasteiger partial charge is 0.319 e. The van der Waals surface area contributed by atoms with Crippen LogP contribution in [0, 0.1) is 6.92 Å². The van der Waals surface area contributed by atoms with E-state index < -0.39 is 0 Å². The van der Waals surface area contributed by atoms with Crippen LogP contribution in [0.15, 0.2) is 53.4 Å². The first-order valence-corrected chi connectivity index (χ1v) is 9.10. The summed E-state index contributed by atoms with van der Waals surface area (Å²) in [6.45, 7) is 2.51. The SMILES string of the molecule is Cc1cccc(CNC(=O)Nc2ccc3nc(-c4cscn4)[nH]c3c2)c1. The van der Waals surface area contributed by atoms with Crippen molar-refractivity contribution in [3.05, 3.63) is 64.5 Å². The highest BCUT2D eigenvalue weighted by Crippen LogP contribution is 2.22. The van der Waals surface area contributed by atoms with Gasteiger partial charge in [0.15, 0.2) is 5.82 Å². The molecule has 0 saturated carbocycles. The molecular weight excluding hydrogens is 346 g/mol. The van der Waals surface area contributed by atoms with Gasteiger partial charge in [-0.3, -0.25) is 0 Å². The molecule has 7 heteroatoms. The van der Waals surface area contributed by atoms with E-state index in [4.69, 9.17) is 0 Å². The van der Waals surface area contributed by atoms with Crippen molar-refractivity contribution in [3.63, 3.8) is 0 Å². The Morgan fingerprint density at radius 1 is 1.23 bits per heavy atom. The Morgan fingerprint density at radius 2 is 2.15 bits per heavy atom. The molecule has 0 spiro atoms. The number of hydrogen-bond donors (Lipinski definition) is 3. The van der Waals surface area contributed by atoms with Gasteiger partial charge >= 0.3 is 6.03 Å². The van der Waals surface area contributed by atoms with Crippen molar-refractivity contribution >= 4 is 34.1 Å². The van der Waals surface area contributed by atoms with Crippen LogP contribution < -0.4 is 10.6 Å². The maximum Gasteiger partial charge on any atom is 0.319 e. The molecular formula is C19H17N5OS. The fourth-order valence-electron chi connectivity index (χ4n) is 2.72. The van der Waals surface area contributed by atoms with E-state index in [9.17, 15) is 4.79 Å². The normalized spacial score (nSPS) is 10.8. The molecule has 0 bridgehead atoms. The Morgan fingerprint density at radius 3 is 2.96 bits per heavy atom. The lowest BCUT2D eigenvalue weighted by Gasteiger charge is -2.08. The Labute approximate surface area is 154 Å². The van der Waals surface area contributed by atoms with Gasteiger partial charge in [0.1, 0.15) is 5.69 Å². The lowest BCUT2D eigenvalue weighted by Crippen LogP contribution is -2.28. The van der Waals surface area contributed by atoms with E-state index in [-0.39, 0.29) is 6.03 Å². The molecule has 26 heavy (non-hydrogen) atoms. The largest absolute Gasteiger partial charge is 0.337 e. The number of aromatic amines is 1. The summed E-state index contributed by atoms with van der Waals surface area (Å²) in [5.74, 6) is 0.724. The van der Waals surface area contributed by atoms with E-state index in [0.29, 0.717) is 12.2 Å². The third kappa shape index (κ3) is 3.57. The van der Waals surface area contributed by atoms with E-state index in [1.807, 2.05) is 48.7 Å². The molecule has 0 aliphatic rings. The summed E-state index contributed by atoms with van der Waals surface area (Å²) in [5, 5.41) is 7.66. The first kappa shape index (κ1) is 16.3. The number of thiazole rings is 1. The van der Waals surface area contributed by atoms with Crippen LogP contribution in [-0.2, 0) is 6.54 Å². The second kappa shape index (κ2) is 6.97. The van der Waals surface area contributed by atoms with Crippen LogP contribution >= 0.6 is 11.3 Å². The summed E-state index contributed by atoms with van der Waals surface area (Å²) in [4.78, 5) is 24.2. The second-order valence-electron chi connectivity index (χ2n) is 5.99. The minimum absolute atomic E-state index is 0.245. The quantitative estimate of drug-likeness (QED) is 0.505. The summed E-state index contributed by atoms with van der Waals surface area (Å²) >= 11 is 1.52. The molecule has 130 valence electrons. The van der Waals surface area contributed by atoms with Gasteiger partial charge in [-0.25, -0.2) is 14.8 Å². The zero-order chi connectivity index (χ0) is 17.9. The zero-order valence-corrected chi connectivity index (χ0v) is 14.9. The van der Waals surface area contributed by atoms with Gasteiger partial charge in [0.25, 0.3) is 0 Å². The summed E-state index contributed by atoms with van der Waals surface area (Å²) < 4.78 is 0. The van der Waals surface area contributed by atoms with Gasteiger partial charge in [-0.2, -0.15) is 0 Å². The molecule has 4 aromatic rings. The number of benzene rings is 2. The fraction of sp³-hybridized carbons (Fsp3) is 0.105. The van der Waals surface area contributed by atoms with Crippen LogP contribution in [0.4, 0.5) is 10.5 Å². The highest BCUT2D eigenvalue weighted by atomic mass is 32.1. The number of fused-ring (bicyclic) bond motifs is 1. The second-order valence-corrected chi connectivity index (χ2v) is 6.71. The van der Waals surface area contributed by atoms with Crippen molar-refractivity contribution in [2.45, 2.75) is 13.5 Å². The Bertz CT molecular complexity index is 1050. The minimum atomic E-state index is -0.245. The molecule has 4 rings (SSSR count). The van der Waals surface area contributed by atoms with Crippen LogP contribution in [0.2, 0.25) is 0 Å². The van der Waals surface area contributed by atoms with Gasteiger partial charge in [-0.1, -0.05) is 29.8 Å². The molecule has 6 nitrogen and oxygen atoms in total. The molecule has 0 saturated heterocycles. The van der Waals surface area contributed by atoms with Gasteiger partial charge in [0.05, 0.1) is 16.5 Å². The van der Waals surface area contributed by atoms with Crippen LogP contribution in [0.25, 0.3) is 22.6 Å². The van der Waals surface area contributed by atoms with Crippen LogP contribution in [0.3, 0.4) is 0 Å². The topological polar surface area (TPSA) is 82.7 Å². The molecule has 0 aliphatic heterocycles. The van der Waals surface area contributed by atoms with Gasteiger partial charge in [0.2, 0.25) is 0 Å². The number of imidazole rings is 1. The standard InChI is InChI=1S/C19H17N5OS/c1-12-3-2-4-13(7-12)9-20-19(25)22-14-5-6-15-16(8-14)24-18(23-15)17-10-26-11-21-17/h2-8,10-11H,9H2,1H3,(H,23,24)(H2,20,22,25). The predicted molar refractivity (Wildman–Crippen MR) is 104 cm³/mol. The highest BCUT2D eigenvalue weighted by Gasteiger charge is 2.08. The van der Waals surface area contributed by atoms with Gasteiger partial charge in [-0.05, 0) is 30.7 Å². The average molecular weight is 363 g/mol. The molecule has 2 heterocycles. The predicted octanol–water partition coefficient (Wildman–Crippen LogP) is 4.32.